The fraction of sp³-hybridized carbons (Fsp3) is 0.400. The van der Waals surface area contributed by atoms with Crippen LogP contribution in [0.2, 0.25) is 0 Å². The predicted octanol–water partition coefficient (Wildman–Crippen LogP) is 3.42. The summed E-state index contributed by atoms with van der Waals surface area (Å²) < 4.78 is 5.66. The standard InChI is InChI=1S/C20H22N4O2S/c1-13-7-15(4-6-26-13)24-19-14(8-17(25)9-16-11-27-12-23-16)10-22-18-3-2-5-21-20(18)19/h2-3,5,10-13,15H,4,6-9H2,1H3,(H,22,24)/t13-,15-/m0/s1. The maximum atomic E-state index is 12.6. The number of pyridine rings is 2. The van der Waals surface area contributed by atoms with E-state index in [2.05, 4.69) is 27.2 Å². The summed E-state index contributed by atoms with van der Waals surface area (Å²) in [5.41, 5.74) is 6.03. The normalized spacial score (nSPS) is 19.9. The molecule has 0 saturated carbocycles. The van der Waals surface area contributed by atoms with Crippen molar-refractivity contribution in [2.75, 3.05) is 11.9 Å². The van der Waals surface area contributed by atoms with Crippen LogP contribution in [0.4, 0.5) is 5.69 Å². The van der Waals surface area contributed by atoms with Gasteiger partial charge in [-0.15, -0.1) is 11.3 Å². The third-order valence-electron chi connectivity index (χ3n) is 4.79. The number of fused-ring (bicyclic) bond motifs is 1. The monoisotopic (exact) mass is 382 g/mol. The second-order valence-corrected chi connectivity index (χ2v) is 7.67. The summed E-state index contributed by atoms with van der Waals surface area (Å²) in [6.45, 7) is 2.84. The minimum absolute atomic E-state index is 0.126. The van der Waals surface area contributed by atoms with E-state index in [9.17, 15) is 4.79 Å². The SMILES string of the molecule is C[C@H]1C[C@@H](Nc2c(CC(=O)Cc3cscn3)cnc3cccnc23)CCO1. The largest absolute Gasteiger partial charge is 0.380 e. The number of hydrogen-bond donors (Lipinski definition) is 1. The van der Waals surface area contributed by atoms with Crippen molar-refractivity contribution >= 4 is 33.8 Å². The quantitative estimate of drug-likeness (QED) is 0.704. The Balaban J connectivity index is 1.61. The van der Waals surface area contributed by atoms with E-state index in [-0.39, 0.29) is 11.9 Å². The molecule has 6 nitrogen and oxygen atoms in total. The summed E-state index contributed by atoms with van der Waals surface area (Å²) in [5, 5.41) is 5.56. The van der Waals surface area contributed by atoms with Gasteiger partial charge in [0.05, 0.1) is 28.5 Å². The Morgan fingerprint density at radius 2 is 2.26 bits per heavy atom. The fourth-order valence-corrected chi connectivity index (χ4v) is 4.05. The second kappa shape index (κ2) is 8.10. The zero-order chi connectivity index (χ0) is 18.6. The van der Waals surface area contributed by atoms with Gasteiger partial charge >= 0.3 is 0 Å². The molecular weight excluding hydrogens is 360 g/mol. The third-order valence-corrected chi connectivity index (χ3v) is 5.42. The Morgan fingerprint density at radius 3 is 3.07 bits per heavy atom. The van der Waals surface area contributed by atoms with Crippen molar-refractivity contribution in [3.63, 3.8) is 0 Å². The summed E-state index contributed by atoms with van der Waals surface area (Å²) in [5.74, 6) is 0.126. The zero-order valence-corrected chi connectivity index (χ0v) is 16.0. The smallest absolute Gasteiger partial charge is 0.143 e. The van der Waals surface area contributed by atoms with Gasteiger partial charge in [-0.25, -0.2) is 4.98 Å². The van der Waals surface area contributed by atoms with Crippen LogP contribution in [0.3, 0.4) is 0 Å². The summed E-state index contributed by atoms with van der Waals surface area (Å²) in [7, 11) is 0. The van der Waals surface area contributed by atoms with E-state index >= 15 is 0 Å². The number of hydrogen-bond acceptors (Lipinski definition) is 7. The number of rotatable bonds is 6. The number of ether oxygens (including phenoxy) is 1. The predicted molar refractivity (Wildman–Crippen MR) is 106 cm³/mol. The number of aromatic nitrogens is 3. The molecule has 2 atom stereocenters. The lowest BCUT2D eigenvalue weighted by Crippen LogP contribution is -2.33. The van der Waals surface area contributed by atoms with Crippen molar-refractivity contribution in [3.05, 3.63) is 46.7 Å². The van der Waals surface area contributed by atoms with E-state index in [0.29, 0.717) is 18.9 Å². The maximum Gasteiger partial charge on any atom is 0.143 e. The second-order valence-electron chi connectivity index (χ2n) is 6.95. The molecule has 4 heterocycles. The van der Waals surface area contributed by atoms with Crippen LogP contribution in [0.15, 0.2) is 35.4 Å². The number of nitrogens with one attached hydrogen (secondary N) is 1. The van der Waals surface area contributed by atoms with E-state index < -0.39 is 0 Å². The van der Waals surface area contributed by atoms with Gasteiger partial charge in [0.25, 0.3) is 0 Å². The Bertz CT molecular complexity index is 929. The van der Waals surface area contributed by atoms with Crippen molar-refractivity contribution in [1.82, 2.24) is 15.0 Å². The maximum absolute atomic E-state index is 12.6. The first-order valence-corrected chi connectivity index (χ1v) is 10.1. The van der Waals surface area contributed by atoms with Gasteiger partial charge in [0.1, 0.15) is 11.3 Å². The molecule has 0 amide bonds. The molecule has 3 aromatic rings. The van der Waals surface area contributed by atoms with Gasteiger partial charge in [0.15, 0.2) is 0 Å². The molecule has 1 N–H and O–H groups in total. The average molecular weight is 382 g/mol. The molecule has 1 aliphatic rings. The summed E-state index contributed by atoms with van der Waals surface area (Å²) >= 11 is 1.51. The molecule has 3 aromatic heterocycles. The summed E-state index contributed by atoms with van der Waals surface area (Å²) in [4.78, 5) is 25.8. The highest BCUT2D eigenvalue weighted by Crippen LogP contribution is 2.28. The number of anilines is 1. The first-order chi connectivity index (χ1) is 13.2. The Kier molecular flexibility index (Phi) is 5.40. The van der Waals surface area contributed by atoms with Crippen molar-refractivity contribution in [2.24, 2.45) is 0 Å². The Morgan fingerprint density at radius 1 is 1.33 bits per heavy atom. The number of carbonyl (C=O) groups is 1. The molecule has 1 saturated heterocycles. The lowest BCUT2D eigenvalue weighted by molar-refractivity contribution is -0.117. The first-order valence-electron chi connectivity index (χ1n) is 9.18. The van der Waals surface area contributed by atoms with Gasteiger partial charge in [-0.1, -0.05) is 0 Å². The number of nitrogens with zero attached hydrogens (tertiary/aromatic N) is 3. The molecule has 1 aliphatic heterocycles. The number of carbonyl (C=O) groups excluding carboxylic acids is 1. The van der Waals surface area contributed by atoms with Gasteiger partial charge in [0.2, 0.25) is 0 Å². The molecule has 140 valence electrons. The minimum Gasteiger partial charge on any atom is -0.380 e. The topological polar surface area (TPSA) is 77.0 Å². The van der Waals surface area contributed by atoms with E-state index in [1.54, 1.807) is 17.9 Å². The van der Waals surface area contributed by atoms with Crippen LogP contribution in [-0.4, -0.2) is 39.5 Å². The van der Waals surface area contributed by atoms with Crippen molar-refractivity contribution < 1.29 is 9.53 Å². The van der Waals surface area contributed by atoms with E-state index in [0.717, 1.165) is 47.4 Å². The summed E-state index contributed by atoms with van der Waals surface area (Å²) in [6, 6.07) is 4.12. The van der Waals surface area contributed by atoms with Crippen LogP contribution in [-0.2, 0) is 22.4 Å². The van der Waals surface area contributed by atoms with E-state index in [4.69, 9.17) is 4.74 Å². The molecule has 0 spiro atoms. The van der Waals surface area contributed by atoms with Crippen LogP contribution in [0, 0.1) is 0 Å². The molecule has 1 fully saturated rings. The molecular formula is C20H22N4O2S. The van der Waals surface area contributed by atoms with Gasteiger partial charge < -0.3 is 10.1 Å². The molecule has 27 heavy (non-hydrogen) atoms. The highest BCUT2D eigenvalue weighted by Gasteiger charge is 2.22. The molecule has 0 aromatic carbocycles. The molecule has 0 bridgehead atoms. The van der Waals surface area contributed by atoms with Crippen LogP contribution in [0.1, 0.15) is 31.0 Å². The molecule has 4 rings (SSSR count). The van der Waals surface area contributed by atoms with Crippen molar-refractivity contribution in [2.45, 2.75) is 44.8 Å². The lowest BCUT2D eigenvalue weighted by atomic mass is 10.0. The minimum atomic E-state index is 0.126. The molecule has 0 aliphatic carbocycles. The van der Waals surface area contributed by atoms with Crippen molar-refractivity contribution in [3.8, 4) is 0 Å². The Hall–Kier alpha value is -2.38. The number of thiazole rings is 1. The van der Waals surface area contributed by atoms with Gasteiger partial charge in [-0.3, -0.25) is 14.8 Å². The van der Waals surface area contributed by atoms with Crippen LogP contribution in [0.25, 0.3) is 11.0 Å². The fourth-order valence-electron chi connectivity index (χ4n) is 3.49. The van der Waals surface area contributed by atoms with Crippen LogP contribution >= 0.6 is 11.3 Å². The summed E-state index contributed by atoms with van der Waals surface area (Å²) in [6.07, 6.45) is 6.33. The van der Waals surface area contributed by atoms with Gasteiger partial charge in [-0.2, -0.15) is 0 Å². The van der Waals surface area contributed by atoms with E-state index in [1.807, 2.05) is 17.5 Å². The van der Waals surface area contributed by atoms with Crippen molar-refractivity contribution in [1.29, 1.82) is 0 Å². The number of Topliss-reactive ketones (excluding diaryl/α,β-unsaturated/α-hetero) is 1. The lowest BCUT2D eigenvalue weighted by Gasteiger charge is -2.29. The van der Waals surface area contributed by atoms with E-state index in [1.165, 1.54) is 11.3 Å². The van der Waals surface area contributed by atoms with Crippen LogP contribution < -0.4 is 5.32 Å². The van der Waals surface area contributed by atoms with Gasteiger partial charge in [0, 0.05) is 48.8 Å². The first kappa shape index (κ1) is 18.0. The zero-order valence-electron chi connectivity index (χ0n) is 15.2. The molecule has 7 heteroatoms. The Labute approximate surface area is 162 Å². The third kappa shape index (κ3) is 4.31. The molecule has 0 unspecified atom stereocenters. The highest BCUT2D eigenvalue weighted by atomic mass is 32.1. The highest BCUT2D eigenvalue weighted by molar-refractivity contribution is 7.07. The number of ketones is 1. The average Bonchev–Trinajstić information content (AvgIpc) is 3.16. The van der Waals surface area contributed by atoms with Gasteiger partial charge in [-0.05, 0) is 31.9 Å². The molecule has 0 radical (unpaired) electrons. The van der Waals surface area contributed by atoms with Crippen LogP contribution in [0.5, 0.6) is 0 Å².